The van der Waals surface area contributed by atoms with Gasteiger partial charge in [-0.25, -0.2) is 0 Å². The third-order valence-electron chi connectivity index (χ3n) is 1.80. The molecule has 68 valence electrons. The van der Waals surface area contributed by atoms with E-state index < -0.39 is 0 Å². The summed E-state index contributed by atoms with van der Waals surface area (Å²) in [4.78, 5) is 0. The lowest BCUT2D eigenvalue weighted by molar-refractivity contribution is 0.577. The van der Waals surface area contributed by atoms with Gasteiger partial charge in [0.25, 0.3) is 0 Å². The summed E-state index contributed by atoms with van der Waals surface area (Å²) in [5.41, 5.74) is 0. The van der Waals surface area contributed by atoms with Crippen LogP contribution in [0, 0.1) is 11.3 Å². The molecule has 0 amide bonds. The minimum Gasteiger partial charge on any atom is -0.313 e. The first-order valence-electron chi connectivity index (χ1n) is 4.12. The number of nitrogens with one attached hydrogen (secondary N) is 1. The highest BCUT2D eigenvalue weighted by molar-refractivity contribution is 14.1. The van der Waals surface area contributed by atoms with E-state index in [0.717, 1.165) is 19.3 Å². The Morgan fingerprint density at radius 3 is 2.42 bits per heavy atom. The SMILES string of the molecule is C=C[C@H](CCC=N)C[C@H](I)C=C. The molecule has 2 heteroatoms. The zero-order valence-electron chi connectivity index (χ0n) is 7.30. The molecule has 0 aromatic carbocycles. The van der Waals surface area contributed by atoms with Crippen molar-refractivity contribution in [2.24, 2.45) is 5.92 Å². The number of hydrogen-bond donors (Lipinski definition) is 1. The van der Waals surface area contributed by atoms with Crippen LogP contribution in [0.1, 0.15) is 19.3 Å². The van der Waals surface area contributed by atoms with E-state index in [2.05, 4.69) is 35.7 Å². The third kappa shape index (κ3) is 5.52. The van der Waals surface area contributed by atoms with Crippen molar-refractivity contribution in [1.29, 1.82) is 5.41 Å². The van der Waals surface area contributed by atoms with Gasteiger partial charge in [-0.15, -0.1) is 13.2 Å². The Bertz CT molecular complexity index is 154. The molecule has 0 aromatic heterocycles. The predicted octanol–water partition coefficient (Wildman–Crippen LogP) is 3.60. The molecular formula is C10H16IN. The molecule has 12 heavy (non-hydrogen) atoms. The number of halogens is 1. The van der Waals surface area contributed by atoms with Crippen LogP contribution >= 0.6 is 22.6 Å². The predicted molar refractivity (Wildman–Crippen MR) is 64.3 cm³/mol. The van der Waals surface area contributed by atoms with Crippen molar-refractivity contribution in [2.45, 2.75) is 23.2 Å². The van der Waals surface area contributed by atoms with Crippen LogP contribution in [0.2, 0.25) is 0 Å². The van der Waals surface area contributed by atoms with Crippen molar-refractivity contribution >= 4 is 28.8 Å². The maximum Gasteiger partial charge on any atom is 0.0292 e. The summed E-state index contributed by atoms with van der Waals surface area (Å²) >= 11 is 2.37. The number of hydrogen-bond acceptors (Lipinski definition) is 1. The molecule has 0 heterocycles. The van der Waals surface area contributed by atoms with E-state index in [1.54, 1.807) is 0 Å². The molecule has 0 aliphatic carbocycles. The molecule has 0 saturated heterocycles. The second-order valence-electron chi connectivity index (χ2n) is 2.76. The Balaban J connectivity index is 3.73. The summed E-state index contributed by atoms with van der Waals surface area (Å²) in [6, 6.07) is 0. The second-order valence-corrected chi connectivity index (χ2v) is 4.36. The van der Waals surface area contributed by atoms with Gasteiger partial charge >= 0.3 is 0 Å². The first kappa shape index (κ1) is 11.9. The summed E-state index contributed by atoms with van der Waals surface area (Å²) in [7, 11) is 0. The van der Waals surface area contributed by atoms with Crippen molar-refractivity contribution < 1.29 is 0 Å². The fourth-order valence-corrected chi connectivity index (χ4v) is 1.67. The largest absolute Gasteiger partial charge is 0.313 e. The molecule has 0 fully saturated rings. The molecule has 0 radical (unpaired) electrons. The molecule has 1 nitrogen and oxygen atoms in total. The van der Waals surface area contributed by atoms with Crippen LogP contribution in [-0.2, 0) is 0 Å². The lowest BCUT2D eigenvalue weighted by Crippen LogP contribution is -2.03. The molecule has 0 saturated carbocycles. The maximum atomic E-state index is 6.92. The van der Waals surface area contributed by atoms with Crippen molar-refractivity contribution in [1.82, 2.24) is 0 Å². The maximum absolute atomic E-state index is 6.92. The van der Waals surface area contributed by atoms with Crippen molar-refractivity contribution in [3.05, 3.63) is 25.3 Å². The lowest BCUT2D eigenvalue weighted by atomic mass is 9.98. The Labute approximate surface area is 88.6 Å². The Morgan fingerprint density at radius 1 is 1.33 bits per heavy atom. The van der Waals surface area contributed by atoms with Gasteiger partial charge in [0.05, 0.1) is 0 Å². The minimum absolute atomic E-state index is 0.524. The van der Waals surface area contributed by atoms with Gasteiger partial charge in [0.2, 0.25) is 0 Å². The highest BCUT2D eigenvalue weighted by Gasteiger charge is 2.07. The van der Waals surface area contributed by atoms with E-state index >= 15 is 0 Å². The highest BCUT2D eigenvalue weighted by Crippen LogP contribution is 2.19. The van der Waals surface area contributed by atoms with E-state index in [1.165, 1.54) is 6.21 Å². The first-order chi connectivity index (χ1) is 5.74. The van der Waals surface area contributed by atoms with Crippen LogP contribution in [-0.4, -0.2) is 10.1 Å². The number of rotatable bonds is 7. The van der Waals surface area contributed by atoms with Crippen molar-refractivity contribution in [2.75, 3.05) is 0 Å². The van der Waals surface area contributed by atoms with E-state index in [-0.39, 0.29) is 0 Å². The lowest BCUT2D eigenvalue weighted by Gasteiger charge is -2.12. The second kappa shape index (κ2) is 7.53. The molecule has 2 atom stereocenters. The van der Waals surface area contributed by atoms with Crippen molar-refractivity contribution in [3.8, 4) is 0 Å². The number of alkyl halides is 1. The fraction of sp³-hybridized carbons (Fsp3) is 0.500. The van der Waals surface area contributed by atoms with Gasteiger partial charge < -0.3 is 5.41 Å². The normalized spacial score (nSPS) is 14.8. The standard InChI is InChI=1S/C10H16IN/c1-3-9(6-5-7-12)8-10(11)4-2/h3-4,7,9-10,12H,1-2,5-6,8H2/t9-,10-/m1/s1. The number of allylic oxidation sites excluding steroid dienone is 2. The van der Waals surface area contributed by atoms with Gasteiger partial charge in [-0.2, -0.15) is 0 Å². The zero-order chi connectivity index (χ0) is 9.40. The molecular weight excluding hydrogens is 261 g/mol. The fourth-order valence-electron chi connectivity index (χ4n) is 1.01. The van der Waals surface area contributed by atoms with Crippen LogP contribution < -0.4 is 0 Å². The summed E-state index contributed by atoms with van der Waals surface area (Å²) in [5, 5.41) is 6.92. The first-order valence-corrected chi connectivity index (χ1v) is 5.37. The molecule has 0 aromatic rings. The highest BCUT2D eigenvalue weighted by atomic mass is 127. The third-order valence-corrected chi connectivity index (χ3v) is 2.82. The summed E-state index contributed by atoms with van der Waals surface area (Å²) < 4.78 is 0.524. The van der Waals surface area contributed by atoms with Gasteiger partial charge in [-0.05, 0) is 31.4 Å². The quantitative estimate of drug-likeness (QED) is 0.318. The Hall–Kier alpha value is -0.120. The average Bonchev–Trinajstić information content (AvgIpc) is 2.11. The smallest absolute Gasteiger partial charge is 0.0292 e. The van der Waals surface area contributed by atoms with Gasteiger partial charge in [0.1, 0.15) is 0 Å². The van der Waals surface area contributed by atoms with E-state index in [1.807, 2.05) is 12.2 Å². The van der Waals surface area contributed by atoms with Crippen LogP contribution in [0.5, 0.6) is 0 Å². The molecule has 0 unspecified atom stereocenters. The molecule has 0 aliphatic heterocycles. The summed E-state index contributed by atoms with van der Waals surface area (Å²) in [6.07, 6.45) is 8.41. The van der Waals surface area contributed by atoms with Crippen LogP contribution in [0.4, 0.5) is 0 Å². The monoisotopic (exact) mass is 277 g/mol. The van der Waals surface area contributed by atoms with Crippen LogP contribution in [0.15, 0.2) is 25.3 Å². The Morgan fingerprint density at radius 2 is 2.00 bits per heavy atom. The van der Waals surface area contributed by atoms with Gasteiger partial charge in [-0.1, -0.05) is 34.7 Å². The minimum atomic E-state index is 0.524. The molecule has 0 rings (SSSR count). The molecule has 0 aliphatic rings. The topological polar surface area (TPSA) is 23.9 Å². The Kier molecular flexibility index (Phi) is 7.45. The van der Waals surface area contributed by atoms with E-state index in [0.29, 0.717) is 9.84 Å². The average molecular weight is 277 g/mol. The van der Waals surface area contributed by atoms with Gasteiger partial charge in [-0.3, -0.25) is 0 Å². The van der Waals surface area contributed by atoms with E-state index in [4.69, 9.17) is 5.41 Å². The summed E-state index contributed by atoms with van der Waals surface area (Å²) in [6.45, 7) is 7.53. The zero-order valence-corrected chi connectivity index (χ0v) is 9.46. The molecule has 1 N–H and O–H groups in total. The van der Waals surface area contributed by atoms with Gasteiger partial charge in [0.15, 0.2) is 0 Å². The molecule has 0 bridgehead atoms. The summed E-state index contributed by atoms with van der Waals surface area (Å²) in [5.74, 6) is 0.534. The van der Waals surface area contributed by atoms with Gasteiger partial charge in [0, 0.05) is 3.92 Å². The molecule has 0 spiro atoms. The van der Waals surface area contributed by atoms with Crippen LogP contribution in [0.3, 0.4) is 0 Å². The van der Waals surface area contributed by atoms with E-state index in [9.17, 15) is 0 Å². The van der Waals surface area contributed by atoms with Crippen molar-refractivity contribution in [3.63, 3.8) is 0 Å². The van der Waals surface area contributed by atoms with Crippen LogP contribution in [0.25, 0.3) is 0 Å².